The number of nitrogens with zero attached hydrogens (tertiary/aromatic N) is 2. The highest BCUT2D eigenvalue weighted by atomic mass is 19.1. The lowest BCUT2D eigenvalue weighted by atomic mass is 10.1. The number of rotatable bonds is 9. The molecular weight excluding hydrogens is 409 g/mol. The van der Waals surface area contributed by atoms with Gasteiger partial charge in [0, 0.05) is 33.4 Å². The molecule has 0 saturated carbocycles. The van der Waals surface area contributed by atoms with Crippen molar-refractivity contribution in [1.82, 2.24) is 10.2 Å². The van der Waals surface area contributed by atoms with Gasteiger partial charge < -0.3 is 24.4 Å². The van der Waals surface area contributed by atoms with Crippen LogP contribution >= 0.6 is 0 Å². The SMILES string of the molecule is CCNC(=NCc1ccc(COC2CCOCC2)cc1)N(C)Cc1ccc(OC)c(F)c1. The summed E-state index contributed by atoms with van der Waals surface area (Å²) >= 11 is 0. The molecular formula is C25H34FN3O3. The summed E-state index contributed by atoms with van der Waals surface area (Å²) in [6.07, 6.45) is 2.23. The van der Waals surface area contributed by atoms with Crippen molar-refractivity contribution in [3.63, 3.8) is 0 Å². The van der Waals surface area contributed by atoms with Crippen LogP contribution in [0.15, 0.2) is 47.5 Å². The zero-order valence-corrected chi connectivity index (χ0v) is 19.3. The van der Waals surface area contributed by atoms with Gasteiger partial charge in [-0.05, 0) is 48.6 Å². The smallest absolute Gasteiger partial charge is 0.194 e. The summed E-state index contributed by atoms with van der Waals surface area (Å²) in [5.74, 6) is 0.662. The molecule has 1 fully saturated rings. The Morgan fingerprint density at radius 3 is 2.47 bits per heavy atom. The van der Waals surface area contributed by atoms with Crippen molar-refractivity contribution in [3.8, 4) is 5.75 Å². The summed E-state index contributed by atoms with van der Waals surface area (Å²) in [5, 5.41) is 3.31. The maximum atomic E-state index is 14.0. The number of hydrogen-bond acceptors (Lipinski definition) is 4. The fraction of sp³-hybridized carbons (Fsp3) is 0.480. The van der Waals surface area contributed by atoms with Crippen molar-refractivity contribution >= 4 is 5.96 Å². The minimum Gasteiger partial charge on any atom is -0.494 e. The van der Waals surface area contributed by atoms with Gasteiger partial charge in [0.1, 0.15) is 0 Å². The first-order valence-corrected chi connectivity index (χ1v) is 11.2. The number of guanidine groups is 1. The highest BCUT2D eigenvalue weighted by Crippen LogP contribution is 2.19. The van der Waals surface area contributed by atoms with Crippen molar-refractivity contribution in [1.29, 1.82) is 0 Å². The van der Waals surface area contributed by atoms with Gasteiger partial charge >= 0.3 is 0 Å². The molecule has 2 aromatic carbocycles. The molecule has 3 rings (SSSR count). The van der Waals surface area contributed by atoms with E-state index in [0.717, 1.165) is 55.3 Å². The van der Waals surface area contributed by atoms with Crippen molar-refractivity contribution in [2.75, 3.05) is 33.9 Å². The molecule has 1 heterocycles. The van der Waals surface area contributed by atoms with Crippen LogP contribution in [0.3, 0.4) is 0 Å². The van der Waals surface area contributed by atoms with Crippen molar-refractivity contribution in [3.05, 3.63) is 65.0 Å². The molecule has 0 bridgehead atoms. The number of hydrogen-bond donors (Lipinski definition) is 1. The zero-order valence-electron chi connectivity index (χ0n) is 19.3. The lowest BCUT2D eigenvalue weighted by Gasteiger charge is -2.22. The lowest BCUT2D eigenvalue weighted by Crippen LogP contribution is -2.38. The Morgan fingerprint density at radius 1 is 1.12 bits per heavy atom. The molecule has 7 heteroatoms. The second-order valence-corrected chi connectivity index (χ2v) is 7.93. The molecule has 1 N–H and O–H groups in total. The van der Waals surface area contributed by atoms with Gasteiger partial charge in [-0.1, -0.05) is 30.3 Å². The van der Waals surface area contributed by atoms with E-state index in [2.05, 4.69) is 29.6 Å². The van der Waals surface area contributed by atoms with E-state index < -0.39 is 0 Å². The monoisotopic (exact) mass is 443 g/mol. The Morgan fingerprint density at radius 2 is 1.81 bits per heavy atom. The molecule has 1 aliphatic rings. The quantitative estimate of drug-likeness (QED) is 0.467. The lowest BCUT2D eigenvalue weighted by molar-refractivity contribution is -0.0390. The molecule has 32 heavy (non-hydrogen) atoms. The summed E-state index contributed by atoms with van der Waals surface area (Å²) in [7, 11) is 3.41. The maximum Gasteiger partial charge on any atom is 0.194 e. The molecule has 1 saturated heterocycles. The molecule has 0 spiro atoms. The predicted octanol–water partition coefficient (Wildman–Crippen LogP) is 4.13. The van der Waals surface area contributed by atoms with Gasteiger partial charge in [-0.3, -0.25) is 0 Å². The molecule has 0 aliphatic carbocycles. The van der Waals surface area contributed by atoms with E-state index in [1.807, 2.05) is 24.9 Å². The third-order valence-electron chi connectivity index (χ3n) is 5.42. The largest absolute Gasteiger partial charge is 0.494 e. The van der Waals surface area contributed by atoms with Gasteiger partial charge in [0.2, 0.25) is 0 Å². The van der Waals surface area contributed by atoms with Crippen molar-refractivity contribution in [2.24, 2.45) is 4.99 Å². The van der Waals surface area contributed by atoms with Gasteiger partial charge in [0.15, 0.2) is 17.5 Å². The van der Waals surface area contributed by atoms with Crippen LogP contribution in [0, 0.1) is 5.82 Å². The summed E-state index contributed by atoms with van der Waals surface area (Å²) in [6.45, 7) is 6.08. The molecule has 174 valence electrons. The van der Waals surface area contributed by atoms with Crippen molar-refractivity contribution < 1.29 is 18.6 Å². The number of methoxy groups -OCH3 is 1. The topological polar surface area (TPSA) is 55.3 Å². The van der Waals surface area contributed by atoms with E-state index in [4.69, 9.17) is 19.2 Å². The maximum absolute atomic E-state index is 14.0. The summed E-state index contributed by atoms with van der Waals surface area (Å²) in [5.41, 5.74) is 3.14. The van der Waals surface area contributed by atoms with Crippen LogP contribution in [0.4, 0.5) is 4.39 Å². The summed E-state index contributed by atoms with van der Waals surface area (Å²) in [4.78, 5) is 6.74. The van der Waals surface area contributed by atoms with E-state index in [9.17, 15) is 4.39 Å². The standard InChI is InChI=1S/C25H34FN3O3/c1-4-27-25(29(2)17-21-9-10-24(30-3)23(26)15-21)28-16-19-5-7-20(8-6-19)18-32-22-11-13-31-14-12-22/h5-10,15,22H,4,11-14,16-18H2,1-3H3,(H,27,28). The van der Waals surface area contributed by atoms with E-state index >= 15 is 0 Å². The fourth-order valence-electron chi connectivity index (χ4n) is 3.59. The van der Waals surface area contributed by atoms with Gasteiger partial charge in [0.05, 0.1) is 26.4 Å². The van der Waals surface area contributed by atoms with Gasteiger partial charge in [-0.2, -0.15) is 0 Å². The summed E-state index contributed by atoms with van der Waals surface area (Å²) in [6, 6.07) is 13.4. The van der Waals surface area contributed by atoms with Crippen LogP contribution in [0.1, 0.15) is 36.5 Å². The Kier molecular flexibility index (Phi) is 9.31. The highest BCUT2D eigenvalue weighted by molar-refractivity contribution is 5.79. The number of ether oxygens (including phenoxy) is 3. The van der Waals surface area contributed by atoms with Crippen LogP contribution < -0.4 is 10.1 Å². The Labute approximate surface area is 190 Å². The van der Waals surface area contributed by atoms with E-state index in [-0.39, 0.29) is 11.6 Å². The average Bonchev–Trinajstić information content (AvgIpc) is 2.82. The number of benzene rings is 2. The second-order valence-electron chi connectivity index (χ2n) is 7.93. The fourth-order valence-corrected chi connectivity index (χ4v) is 3.59. The van der Waals surface area contributed by atoms with Gasteiger partial charge in [-0.15, -0.1) is 0 Å². The number of aliphatic imine (C=N–C) groups is 1. The van der Waals surface area contributed by atoms with E-state index in [0.29, 0.717) is 25.8 Å². The molecule has 2 aromatic rings. The second kappa shape index (κ2) is 12.4. The third-order valence-corrected chi connectivity index (χ3v) is 5.42. The Bertz CT molecular complexity index is 867. The first kappa shape index (κ1) is 24.0. The molecule has 0 unspecified atom stereocenters. The molecule has 0 amide bonds. The Hall–Kier alpha value is -2.64. The van der Waals surface area contributed by atoms with Crippen LogP contribution in [-0.2, 0) is 29.2 Å². The zero-order chi connectivity index (χ0) is 22.8. The van der Waals surface area contributed by atoms with Crippen LogP contribution in [-0.4, -0.2) is 50.9 Å². The molecule has 0 radical (unpaired) electrons. The minimum atomic E-state index is -0.360. The first-order valence-electron chi connectivity index (χ1n) is 11.2. The molecule has 0 aromatic heterocycles. The van der Waals surface area contributed by atoms with E-state index in [1.54, 1.807) is 6.07 Å². The van der Waals surface area contributed by atoms with Crippen LogP contribution in [0.25, 0.3) is 0 Å². The normalized spacial score (nSPS) is 14.9. The predicted molar refractivity (Wildman–Crippen MR) is 124 cm³/mol. The van der Waals surface area contributed by atoms with Gasteiger partial charge in [0.25, 0.3) is 0 Å². The molecule has 6 nitrogen and oxygen atoms in total. The number of nitrogens with one attached hydrogen (secondary N) is 1. The van der Waals surface area contributed by atoms with E-state index in [1.165, 1.54) is 13.2 Å². The summed E-state index contributed by atoms with van der Waals surface area (Å²) < 4.78 is 30.4. The molecule has 0 atom stereocenters. The first-order chi connectivity index (χ1) is 15.6. The third kappa shape index (κ3) is 7.21. The minimum absolute atomic E-state index is 0.249. The Balaban J connectivity index is 1.55. The molecule has 1 aliphatic heterocycles. The highest BCUT2D eigenvalue weighted by Gasteiger charge is 2.14. The van der Waals surface area contributed by atoms with Gasteiger partial charge in [-0.25, -0.2) is 9.38 Å². The van der Waals surface area contributed by atoms with Crippen LogP contribution in [0.2, 0.25) is 0 Å². The van der Waals surface area contributed by atoms with Crippen molar-refractivity contribution in [2.45, 2.75) is 45.6 Å². The average molecular weight is 444 g/mol. The van der Waals surface area contributed by atoms with Crippen LogP contribution in [0.5, 0.6) is 5.75 Å². The number of halogens is 1.